The summed E-state index contributed by atoms with van der Waals surface area (Å²) in [6.45, 7) is 4.74. The van der Waals surface area contributed by atoms with E-state index in [4.69, 9.17) is 19.4 Å². The monoisotopic (exact) mass is 847 g/mol. The minimum atomic E-state index is 0.00382. The van der Waals surface area contributed by atoms with Gasteiger partial charge in [0.1, 0.15) is 5.58 Å². The number of benzene rings is 8. The molecule has 2 aliphatic carbocycles. The molecule has 0 amide bonds. The van der Waals surface area contributed by atoms with Gasteiger partial charge < -0.3 is 8.98 Å². The third-order valence-electron chi connectivity index (χ3n) is 14.5. The summed E-state index contributed by atoms with van der Waals surface area (Å²) in [6.07, 6.45) is 7.02. The summed E-state index contributed by atoms with van der Waals surface area (Å²) in [5.41, 5.74) is 13.9. The molecule has 12 aromatic rings. The number of furan rings is 1. The third-order valence-corrected chi connectivity index (χ3v) is 14.5. The van der Waals surface area contributed by atoms with Gasteiger partial charge in [-0.05, 0) is 63.9 Å². The molecule has 2 aliphatic rings. The molecule has 312 valence electrons. The Morgan fingerprint density at radius 1 is 0.500 bits per heavy atom. The molecule has 0 fully saturated rings. The first-order valence-corrected chi connectivity index (χ1v) is 22.8. The minimum Gasteiger partial charge on any atom is -0.454 e. The molecule has 4 heterocycles. The second-order valence-electron chi connectivity index (χ2n) is 18.4. The van der Waals surface area contributed by atoms with E-state index in [-0.39, 0.29) is 11.3 Å². The van der Waals surface area contributed by atoms with Gasteiger partial charge in [-0.25, -0.2) is 4.98 Å². The Morgan fingerprint density at radius 3 is 1.91 bits per heavy atom. The van der Waals surface area contributed by atoms with E-state index in [0.717, 1.165) is 87.9 Å². The Kier molecular flexibility index (Phi) is 7.76. The van der Waals surface area contributed by atoms with Crippen molar-refractivity contribution in [2.24, 2.45) is 5.92 Å². The lowest BCUT2D eigenvalue weighted by atomic mass is 9.73. The first-order valence-electron chi connectivity index (χ1n) is 22.8. The van der Waals surface area contributed by atoms with E-state index in [1.165, 1.54) is 16.7 Å². The van der Waals surface area contributed by atoms with Gasteiger partial charge in [-0.1, -0.05) is 184 Å². The average molecular weight is 848 g/mol. The Labute approximate surface area is 380 Å². The molecule has 66 heavy (non-hydrogen) atoms. The van der Waals surface area contributed by atoms with Gasteiger partial charge in [-0.15, -0.1) is 0 Å². The van der Waals surface area contributed by atoms with Crippen molar-refractivity contribution in [2.45, 2.75) is 25.2 Å². The van der Waals surface area contributed by atoms with E-state index in [1.807, 2.05) is 18.2 Å². The van der Waals surface area contributed by atoms with Crippen LogP contribution in [0.15, 0.2) is 205 Å². The Morgan fingerprint density at radius 2 is 1.14 bits per heavy atom. The molecule has 0 bridgehead atoms. The number of nitrogens with zero attached hydrogens (tertiary/aromatic N) is 5. The van der Waals surface area contributed by atoms with Crippen molar-refractivity contribution in [1.82, 2.24) is 24.1 Å². The summed E-state index contributed by atoms with van der Waals surface area (Å²) >= 11 is 0. The van der Waals surface area contributed by atoms with Crippen LogP contribution in [0.1, 0.15) is 36.7 Å². The van der Waals surface area contributed by atoms with Crippen LogP contribution in [-0.4, -0.2) is 24.1 Å². The van der Waals surface area contributed by atoms with Crippen molar-refractivity contribution < 1.29 is 4.42 Å². The van der Waals surface area contributed by atoms with Gasteiger partial charge >= 0.3 is 0 Å². The summed E-state index contributed by atoms with van der Waals surface area (Å²) in [7, 11) is 0. The number of rotatable bonds is 5. The zero-order valence-corrected chi connectivity index (χ0v) is 36.4. The number of allylic oxidation sites excluding steroid dienone is 4. The second kappa shape index (κ2) is 13.8. The minimum absolute atomic E-state index is 0.00382. The first kappa shape index (κ1) is 37.1. The largest absolute Gasteiger partial charge is 0.454 e. The lowest BCUT2D eigenvalue weighted by Crippen LogP contribution is -2.25. The predicted octanol–water partition coefficient (Wildman–Crippen LogP) is 14.9. The Balaban J connectivity index is 1.06. The van der Waals surface area contributed by atoms with Crippen molar-refractivity contribution in [3.05, 3.63) is 217 Å². The van der Waals surface area contributed by atoms with Gasteiger partial charge in [-0.2, -0.15) is 9.97 Å². The van der Waals surface area contributed by atoms with Crippen LogP contribution in [-0.2, 0) is 5.41 Å². The summed E-state index contributed by atoms with van der Waals surface area (Å²) in [5, 5.41) is 6.66. The van der Waals surface area contributed by atoms with Crippen LogP contribution in [0.3, 0.4) is 0 Å². The molecular weight excluding hydrogens is 807 g/mol. The molecule has 2 unspecified atom stereocenters. The van der Waals surface area contributed by atoms with Gasteiger partial charge in [-0.3, -0.25) is 4.57 Å². The molecule has 0 spiro atoms. The fraction of sp³-hybridized carbons (Fsp3) is 0.0833. The molecule has 2 atom stereocenters. The Bertz CT molecular complexity index is 4040. The molecule has 0 saturated carbocycles. The highest BCUT2D eigenvalue weighted by atomic mass is 16.3. The van der Waals surface area contributed by atoms with Crippen molar-refractivity contribution >= 4 is 71.1 Å². The van der Waals surface area contributed by atoms with E-state index >= 15 is 0 Å². The van der Waals surface area contributed by atoms with Crippen LogP contribution in [0.4, 0.5) is 0 Å². The number of hydrogen-bond donors (Lipinski definition) is 0. The summed E-state index contributed by atoms with van der Waals surface area (Å²) in [6, 6.07) is 64.6. The van der Waals surface area contributed by atoms with Crippen LogP contribution in [0, 0.1) is 5.92 Å². The van der Waals surface area contributed by atoms with Crippen LogP contribution in [0.25, 0.3) is 105 Å². The molecule has 8 aromatic carbocycles. The smallest absolute Gasteiger partial charge is 0.238 e. The molecule has 0 aliphatic heterocycles. The van der Waals surface area contributed by atoms with Crippen LogP contribution >= 0.6 is 0 Å². The highest BCUT2D eigenvalue weighted by molar-refractivity contribution is 6.24. The third kappa shape index (κ3) is 5.27. The van der Waals surface area contributed by atoms with Crippen LogP contribution in [0.5, 0.6) is 0 Å². The fourth-order valence-electron chi connectivity index (χ4n) is 11.4. The van der Waals surface area contributed by atoms with Gasteiger partial charge in [0, 0.05) is 49.4 Å². The molecule has 0 radical (unpaired) electrons. The average Bonchev–Trinajstić information content (AvgIpc) is 4.09. The fourth-order valence-corrected chi connectivity index (χ4v) is 11.4. The molecule has 0 saturated heterocycles. The topological polar surface area (TPSA) is 61.7 Å². The zero-order chi connectivity index (χ0) is 43.7. The van der Waals surface area contributed by atoms with Crippen LogP contribution < -0.4 is 0 Å². The van der Waals surface area contributed by atoms with E-state index in [2.05, 4.69) is 205 Å². The van der Waals surface area contributed by atoms with E-state index < -0.39 is 0 Å². The van der Waals surface area contributed by atoms with E-state index in [0.29, 0.717) is 23.5 Å². The molecular formula is C60H41N5O. The summed E-state index contributed by atoms with van der Waals surface area (Å²) in [5.74, 6) is 2.39. The van der Waals surface area contributed by atoms with E-state index in [9.17, 15) is 0 Å². The first-order chi connectivity index (χ1) is 32.5. The summed E-state index contributed by atoms with van der Waals surface area (Å²) < 4.78 is 11.6. The summed E-state index contributed by atoms with van der Waals surface area (Å²) in [4.78, 5) is 16.2. The van der Waals surface area contributed by atoms with Gasteiger partial charge in [0.15, 0.2) is 17.2 Å². The number of fused-ring (bicyclic) bond motifs is 13. The number of para-hydroxylation sites is 3. The highest BCUT2D eigenvalue weighted by Crippen LogP contribution is 2.54. The predicted molar refractivity (Wildman–Crippen MR) is 269 cm³/mol. The quantitative estimate of drug-likeness (QED) is 0.173. The number of hydrogen-bond acceptors (Lipinski definition) is 4. The molecule has 4 aromatic heterocycles. The number of aromatic nitrogens is 5. The lowest BCUT2D eigenvalue weighted by Gasteiger charge is -2.30. The molecule has 6 heteroatoms. The van der Waals surface area contributed by atoms with Crippen molar-refractivity contribution in [3.8, 4) is 34.2 Å². The maximum atomic E-state index is 6.92. The van der Waals surface area contributed by atoms with Gasteiger partial charge in [0.25, 0.3) is 0 Å². The van der Waals surface area contributed by atoms with Gasteiger partial charge in [0.2, 0.25) is 5.95 Å². The van der Waals surface area contributed by atoms with Crippen molar-refractivity contribution in [3.63, 3.8) is 0 Å². The lowest BCUT2D eigenvalue weighted by molar-refractivity contribution is 0.395. The van der Waals surface area contributed by atoms with Gasteiger partial charge in [0.05, 0.1) is 27.8 Å². The van der Waals surface area contributed by atoms with Crippen molar-refractivity contribution in [1.29, 1.82) is 0 Å². The molecule has 6 nitrogen and oxygen atoms in total. The molecule has 14 rings (SSSR count). The standard InChI is InChI=1S/C60H41N5O/c1-60(2)48-24-12-9-20-40(48)46-35-39(28-32-49(46)60)58-61-57(37-18-7-4-8-19-37)62-59(63-58)65-51-26-14-11-22-42(51)44-31-30-43-41-21-10-13-25-50(41)64(54(43)55(44)65)52-27-15-23-45-47-34-38(36-16-5-3-6-17-36)29-33-53(47)66-56(45)52/h3-35,46,49H,1-2H3. The maximum absolute atomic E-state index is 6.92. The second-order valence-corrected chi connectivity index (χ2v) is 18.4. The highest BCUT2D eigenvalue weighted by Gasteiger charge is 2.45. The zero-order valence-electron chi connectivity index (χ0n) is 36.4. The van der Waals surface area contributed by atoms with E-state index in [1.54, 1.807) is 0 Å². The van der Waals surface area contributed by atoms with Crippen molar-refractivity contribution in [2.75, 3.05) is 0 Å². The van der Waals surface area contributed by atoms with Crippen LogP contribution in [0.2, 0.25) is 0 Å². The molecule has 0 N–H and O–H groups in total. The normalized spacial score (nSPS) is 16.5. The Hall–Kier alpha value is -8.35. The SMILES string of the molecule is CC1(C)c2ccccc2C2C=C(c3nc(-c4ccccc4)nc(-n4c5ccccc5c5ccc6c7ccccc7n(-c7cccc8c7oc7ccc(-c9ccccc9)cc78)c6c54)n3)C=CC21. The maximum Gasteiger partial charge on any atom is 0.238 e.